The number of para-hydroxylation sites is 3. The van der Waals surface area contributed by atoms with Crippen LogP contribution >= 0.6 is 0 Å². The third kappa shape index (κ3) is 4.84. The number of hydrogen-bond acceptors (Lipinski definition) is 5. The molecule has 3 aromatic heterocycles. The summed E-state index contributed by atoms with van der Waals surface area (Å²) in [6.07, 6.45) is 0. The Hall–Kier alpha value is -5.67. The molecule has 6 nitrogen and oxygen atoms in total. The van der Waals surface area contributed by atoms with Crippen LogP contribution in [0.1, 0.15) is 82.9 Å². The molecule has 0 fully saturated rings. The standard InChI is InChI=1S/C43H38N4O2/c1-24(2)30-20-27(26-14-9-8-10-15-26)21-31(25(3)4)38(30)47-35-19-12-11-18-34(35)45-41(47)29-17-13-16-28-32-22-36-37(46-42(48-36)43(5,6)7)33(23-44)40(32)49-39(28)29/h8-22,24-25H,1-7H3. The highest BCUT2D eigenvalue weighted by Crippen LogP contribution is 2.44. The average molecular weight is 643 g/mol. The molecule has 3 heterocycles. The molecule has 0 aliphatic heterocycles. The van der Waals surface area contributed by atoms with Crippen LogP contribution < -0.4 is 0 Å². The Kier molecular flexibility index (Phi) is 7.01. The van der Waals surface area contributed by atoms with Crippen LogP contribution in [0.15, 0.2) is 99.8 Å². The lowest BCUT2D eigenvalue weighted by molar-refractivity contribution is 0.411. The van der Waals surface area contributed by atoms with Crippen molar-refractivity contribution in [3.05, 3.63) is 114 Å². The fourth-order valence-corrected chi connectivity index (χ4v) is 6.96. The predicted molar refractivity (Wildman–Crippen MR) is 198 cm³/mol. The van der Waals surface area contributed by atoms with Crippen LogP contribution in [0.5, 0.6) is 0 Å². The minimum Gasteiger partial charge on any atom is -0.454 e. The third-order valence-electron chi connectivity index (χ3n) is 9.45. The van der Waals surface area contributed by atoms with Crippen molar-refractivity contribution in [2.75, 3.05) is 0 Å². The molecule has 0 aliphatic carbocycles. The summed E-state index contributed by atoms with van der Waals surface area (Å²) < 4.78 is 15.3. The zero-order valence-electron chi connectivity index (χ0n) is 28.9. The topological polar surface area (TPSA) is 80.8 Å². The number of rotatable bonds is 5. The van der Waals surface area contributed by atoms with Gasteiger partial charge >= 0.3 is 0 Å². The van der Waals surface area contributed by atoms with Gasteiger partial charge in [-0.1, -0.05) is 103 Å². The molecule has 0 aliphatic rings. The molecule has 0 spiro atoms. The Morgan fingerprint density at radius 1 is 0.714 bits per heavy atom. The number of furan rings is 1. The van der Waals surface area contributed by atoms with Gasteiger partial charge in [0.15, 0.2) is 11.2 Å². The minimum absolute atomic E-state index is 0.242. The van der Waals surface area contributed by atoms with Gasteiger partial charge in [0.2, 0.25) is 5.89 Å². The van der Waals surface area contributed by atoms with Crippen molar-refractivity contribution in [1.82, 2.24) is 14.5 Å². The monoisotopic (exact) mass is 642 g/mol. The molecule has 0 bridgehead atoms. The Morgan fingerprint density at radius 2 is 1.41 bits per heavy atom. The van der Waals surface area contributed by atoms with Gasteiger partial charge < -0.3 is 8.83 Å². The smallest absolute Gasteiger partial charge is 0.200 e. The zero-order valence-corrected chi connectivity index (χ0v) is 28.9. The van der Waals surface area contributed by atoms with Crippen molar-refractivity contribution in [2.24, 2.45) is 0 Å². The van der Waals surface area contributed by atoms with Gasteiger partial charge in [-0.2, -0.15) is 5.26 Å². The molecule has 0 atom stereocenters. The lowest BCUT2D eigenvalue weighted by Crippen LogP contribution is -2.11. The van der Waals surface area contributed by atoms with Crippen molar-refractivity contribution in [3.8, 4) is 34.3 Å². The molecule has 8 rings (SSSR count). The largest absolute Gasteiger partial charge is 0.454 e. The van der Waals surface area contributed by atoms with E-state index in [1.54, 1.807) is 0 Å². The second-order valence-electron chi connectivity index (χ2n) is 14.6. The van der Waals surface area contributed by atoms with Crippen LogP contribution in [0.3, 0.4) is 0 Å². The Morgan fingerprint density at radius 3 is 2.08 bits per heavy atom. The van der Waals surface area contributed by atoms with Gasteiger partial charge in [0, 0.05) is 16.2 Å². The number of aromatic nitrogens is 3. The molecule has 0 N–H and O–H groups in total. The number of imidazole rings is 1. The molecule has 0 radical (unpaired) electrons. The summed E-state index contributed by atoms with van der Waals surface area (Å²) in [5.41, 5.74) is 11.2. The van der Waals surface area contributed by atoms with Gasteiger partial charge in [0.05, 0.1) is 22.3 Å². The van der Waals surface area contributed by atoms with Crippen LogP contribution in [-0.4, -0.2) is 14.5 Å². The van der Waals surface area contributed by atoms with Crippen molar-refractivity contribution in [2.45, 2.75) is 65.7 Å². The van der Waals surface area contributed by atoms with E-state index in [0.29, 0.717) is 33.7 Å². The SMILES string of the molecule is CC(C)c1cc(-c2ccccc2)cc(C(C)C)c1-n1c(-c2cccc3c2oc2c(C#N)c4nc(C(C)(C)C)oc4cc23)nc2ccccc21. The lowest BCUT2D eigenvalue weighted by Gasteiger charge is -2.24. The highest BCUT2D eigenvalue weighted by atomic mass is 16.4. The Labute approximate surface area is 285 Å². The predicted octanol–water partition coefficient (Wildman–Crippen LogP) is 11.8. The van der Waals surface area contributed by atoms with Crippen LogP contribution in [0, 0.1) is 11.3 Å². The summed E-state index contributed by atoms with van der Waals surface area (Å²) in [7, 11) is 0. The summed E-state index contributed by atoms with van der Waals surface area (Å²) in [6, 6.07) is 34.1. The van der Waals surface area contributed by atoms with Gasteiger partial charge in [0.1, 0.15) is 28.6 Å². The van der Waals surface area contributed by atoms with E-state index in [0.717, 1.165) is 38.9 Å². The second-order valence-corrected chi connectivity index (χ2v) is 14.6. The number of nitrogens with zero attached hydrogens (tertiary/aromatic N) is 4. The highest BCUT2D eigenvalue weighted by molar-refractivity contribution is 6.14. The summed E-state index contributed by atoms with van der Waals surface area (Å²) >= 11 is 0. The van der Waals surface area contributed by atoms with E-state index >= 15 is 0 Å². The molecule has 8 aromatic rings. The van der Waals surface area contributed by atoms with Gasteiger partial charge in [-0.3, -0.25) is 4.57 Å². The fourth-order valence-electron chi connectivity index (χ4n) is 6.96. The minimum atomic E-state index is -0.301. The number of fused-ring (bicyclic) bond motifs is 5. The number of benzene rings is 5. The first-order valence-electron chi connectivity index (χ1n) is 17.0. The molecule has 242 valence electrons. The van der Waals surface area contributed by atoms with E-state index in [4.69, 9.17) is 18.8 Å². The number of hydrogen-bond donors (Lipinski definition) is 0. The second kappa shape index (κ2) is 11.2. The van der Waals surface area contributed by atoms with Crippen molar-refractivity contribution < 1.29 is 8.83 Å². The summed E-state index contributed by atoms with van der Waals surface area (Å²) in [6.45, 7) is 15.2. The quantitative estimate of drug-likeness (QED) is 0.187. The van der Waals surface area contributed by atoms with Gasteiger partial charge in [-0.25, -0.2) is 9.97 Å². The van der Waals surface area contributed by atoms with Crippen LogP contribution in [-0.2, 0) is 5.41 Å². The highest BCUT2D eigenvalue weighted by Gasteiger charge is 2.28. The van der Waals surface area contributed by atoms with E-state index in [1.807, 2.05) is 45.0 Å². The van der Waals surface area contributed by atoms with Gasteiger partial charge in [-0.15, -0.1) is 0 Å². The first kappa shape index (κ1) is 30.7. The molecule has 0 amide bonds. The van der Waals surface area contributed by atoms with E-state index in [1.165, 1.54) is 22.3 Å². The Balaban J connectivity index is 1.45. The first-order chi connectivity index (χ1) is 23.5. The lowest BCUT2D eigenvalue weighted by atomic mass is 9.88. The summed E-state index contributed by atoms with van der Waals surface area (Å²) in [5.74, 6) is 1.86. The van der Waals surface area contributed by atoms with Gasteiger partial charge in [-0.05, 0) is 70.5 Å². The van der Waals surface area contributed by atoms with E-state index in [-0.39, 0.29) is 17.3 Å². The van der Waals surface area contributed by atoms with Crippen LogP contribution in [0.2, 0.25) is 0 Å². The zero-order chi connectivity index (χ0) is 34.2. The molecule has 5 aromatic carbocycles. The first-order valence-corrected chi connectivity index (χ1v) is 17.0. The molecule has 0 saturated carbocycles. The van der Waals surface area contributed by atoms with Crippen molar-refractivity contribution >= 4 is 44.1 Å². The van der Waals surface area contributed by atoms with Crippen molar-refractivity contribution in [1.29, 1.82) is 5.26 Å². The van der Waals surface area contributed by atoms with E-state index in [9.17, 15) is 5.26 Å². The van der Waals surface area contributed by atoms with Crippen LogP contribution in [0.4, 0.5) is 0 Å². The maximum atomic E-state index is 10.4. The van der Waals surface area contributed by atoms with E-state index in [2.05, 4.69) is 105 Å². The van der Waals surface area contributed by atoms with Crippen molar-refractivity contribution in [3.63, 3.8) is 0 Å². The molecular formula is C43H38N4O2. The molecule has 49 heavy (non-hydrogen) atoms. The third-order valence-corrected chi connectivity index (χ3v) is 9.45. The maximum Gasteiger partial charge on any atom is 0.200 e. The molecule has 0 saturated heterocycles. The van der Waals surface area contributed by atoms with Crippen LogP contribution in [0.25, 0.3) is 72.3 Å². The summed E-state index contributed by atoms with van der Waals surface area (Å²) in [5, 5.41) is 12.1. The fraction of sp³-hybridized carbons (Fsp3) is 0.233. The Bertz CT molecular complexity index is 2570. The molecule has 0 unspecified atom stereocenters. The molecule has 6 heteroatoms. The van der Waals surface area contributed by atoms with Gasteiger partial charge in [0.25, 0.3) is 0 Å². The number of oxazole rings is 1. The normalized spacial score (nSPS) is 12.3. The number of nitriles is 1. The summed E-state index contributed by atoms with van der Waals surface area (Å²) in [4.78, 5) is 10.0. The van der Waals surface area contributed by atoms with E-state index < -0.39 is 0 Å². The average Bonchev–Trinajstić information content (AvgIpc) is 3.80. The maximum absolute atomic E-state index is 10.4. The molecular weight excluding hydrogens is 604 g/mol.